The van der Waals surface area contributed by atoms with Crippen LogP contribution in [0.5, 0.6) is 0 Å². The highest BCUT2D eigenvalue weighted by Crippen LogP contribution is 2.36. The highest BCUT2D eigenvalue weighted by atomic mass is 19.4. The third kappa shape index (κ3) is 2.98. The molecule has 156 valence electrons. The number of alkyl halides is 3. The number of nitrogens with zero attached hydrogens (tertiary/aromatic N) is 1. The monoisotopic (exact) mass is 425 g/mol. The number of carboxylic acids is 3. The van der Waals surface area contributed by atoms with Gasteiger partial charge in [0.05, 0.1) is 40.4 Å². The summed E-state index contributed by atoms with van der Waals surface area (Å²) in [5.74, 6) is -6.72. The number of rotatable bonds is 4. The van der Waals surface area contributed by atoms with Crippen LogP contribution in [0.1, 0.15) is 47.0 Å². The average molecular weight is 425 g/mol. The zero-order valence-corrected chi connectivity index (χ0v) is 14.8. The van der Waals surface area contributed by atoms with Crippen LogP contribution in [0.2, 0.25) is 0 Å². The molecule has 0 aliphatic heterocycles. The lowest BCUT2D eigenvalue weighted by atomic mass is 9.97. The third-order valence-corrected chi connectivity index (χ3v) is 4.39. The lowest BCUT2D eigenvalue weighted by Crippen LogP contribution is -2.16. The molecule has 0 aliphatic carbocycles. The van der Waals surface area contributed by atoms with Gasteiger partial charge in [0.2, 0.25) is 0 Å². The van der Waals surface area contributed by atoms with Crippen LogP contribution in [0, 0.1) is 0 Å². The Hall–Kier alpha value is -4.09. The number of carbonyl (C=O) groups is 4. The van der Waals surface area contributed by atoms with Crippen LogP contribution in [-0.2, 0) is 10.9 Å². The summed E-state index contributed by atoms with van der Waals surface area (Å²) in [6.45, 7) is 0. The van der Waals surface area contributed by atoms with Crippen LogP contribution in [0.15, 0.2) is 24.4 Å². The van der Waals surface area contributed by atoms with Crippen molar-refractivity contribution >= 4 is 40.3 Å². The SMILES string of the molecule is COC(=O)c1c(C(=O)O)c2c(C(=O)O)c(C(=O)O)cn2c2ccc(C(F)(F)F)cc12. The second-order valence-electron chi connectivity index (χ2n) is 6.02. The van der Waals surface area contributed by atoms with E-state index in [9.17, 15) is 47.7 Å². The fourth-order valence-corrected chi connectivity index (χ4v) is 3.22. The molecule has 0 unspecified atom stereocenters. The number of benzene rings is 1. The molecule has 1 aromatic carbocycles. The second kappa shape index (κ2) is 6.76. The smallest absolute Gasteiger partial charge is 0.416 e. The minimum Gasteiger partial charge on any atom is -0.478 e. The Balaban J connectivity index is 2.72. The van der Waals surface area contributed by atoms with Crippen molar-refractivity contribution in [1.82, 2.24) is 4.40 Å². The van der Waals surface area contributed by atoms with Gasteiger partial charge < -0.3 is 24.5 Å². The number of pyridine rings is 1. The van der Waals surface area contributed by atoms with Gasteiger partial charge in [0.15, 0.2) is 0 Å². The van der Waals surface area contributed by atoms with Crippen LogP contribution < -0.4 is 0 Å². The highest BCUT2D eigenvalue weighted by Gasteiger charge is 2.35. The molecule has 3 aromatic rings. The number of halogens is 3. The van der Waals surface area contributed by atoms with E-state index < -0.39 is 68.8 Å². The van der Waals surface area contributed by atoms with E-state index in [0.717, 1.165) is 23.8 Å². The number of aromatic carboxylic acids is 3. The molecule has 3 N–H and O–H groups in total. The first-order chi connectivity index (χ1) is 13.9. The lowest BCUT2D eigenvalue weighted by Gasteiger charge is -2.15. The van der Waals surface area contributed by atoms with Crippen molar-refractivity contribution in [2.24, 2.45) is 0 Å². The number of carbonyl (C=O) groups excluding carboxylic acids is 1. The summed E-state index contributed by atoms with van der Waals surface area (Å²) >= 11 is 0. The number of esters is 1. The number of aromatic nitrogens is 1. The fourth-order valence-electron chi connectivity index (χ4n) is 3.22. The number of methoxy groups -OCH3 is 1. The Labute approximate surface area is 163 Å². The van der Waals surface area contributed by atoms with Crippen LogP contribution >= 0.6 is 0 Å². The molecule has 0 fully saturated rings. The summed E-state index contributed by atoms with van der Waals surface area (Å²) in [6, 6.07) is 2.01. The molecule has 0 saturated heterocycles. The first-order valence-electron chi connectivity index (χ1n) is 7.90. The largest absolute Gasteiger partial charge is 0.478 e. The van der Waals surface area contributed by atoms with Gasteiger partial charge in [-0.3, -0.25) is 0 Å². The van der Waals surface area contributed by atoms with Crippen LogP contribution in [-0.4, -0.2) is 50.7 Å². The lowest BCUT2D eigenvalue weighted by molar-refractivity contribution is -0.137. The van der Waals surface area contributed by atoms with Gasteiger partial charge in [-0.25, -0.2) is 19.2 Å². The molecule has 3 rings (SSSR count). The molecule has 9 nitrogen and oxygen atoms in total. The number of hydrogen-bond donors (Lipinski definition) is 3. The fraction of sp³-hybridized carbons (Fsp3) is 0.111. The maximum atomic E-state index is 13.2. The van der Waals surface area contributed by atoms with E-state index in [-0.39, 0.29) is 5.52 Å². The number of fused-ring (bicyclic) bond motifs is 3. The first-order valence-corrected chi connectivity index (χ1v) is 7.90. The van der Waals surface area contributed by atoms with Crippen LogP contribution in [0.25, 0.3) is 16.4 Å². The zero-order valence-electron chi connectivity index (χ0n) is 14.8. The van der Waals surface area contributed by atoms with Crippen LogP contribution in [0.4, 0.5) is 13.2 Å². The van der Waals surface area contributed by atoms with E-state index in [1.54, 1.807) is 0 Å². The van der Waals surface area contributed by atoms with E-state index in [1.165, 1.54) is 0 Å². The molecule has 2 aromatic heterocycles. The van der Waals surface area contributed by atoms with Gasteiger partial charge in [0, 0.05) is 11.6 Å². The Morgan fingerprint density at radius 1 is 0.933 bits per heavy atom. The summed E-state index contributed by atoms with van der Waals surface area (Å²) in [5.41, 5.74) is -5.70. The molecular formula is C18H10F3NO8. The Bertz CT molecular complexity index is 1270. The van der Waals surface area contributed by atoms with E-state index in [2.05, 4.69) is 4.74 Å². The molecular weight excluding hydrogens is 415 g/mol. The van der Waals surface area contributed by atoms with Crippen molar-refractivity contribution in [3.05, 3.63) is 52.2 Å². The Kier molecular flexibility index (Phi) is 4.65. The second-order valence-corrected chi connectivity index (χ2v) is 6.02. The molecule has 0 aliphatic rings. The topological polar surface area (TPSA) is 143 Å². The highest BCUT2D eigenvalue weighted by molar-refractivity contribution is 6.20. The maximum absolute atomic E-state index is 13.2. The molecule has 0 saturated carbocycles. The zero-order chi connectivity index (χ0) is 22.5. The van der Waals surface area contributed by atoms with Crippen molar-refractivity contribution in [3.8, 4) is 0 Å². The number of carboxylic acid groups (broad SMARTS) is 3. The number of hydrogen-bond acceptors (Lipinski definition) is 5. The van der Waals surface area contributed by atoms with Gasteiger partial charge in [0.1, 0.15) is 5.56 Å². The van der Waals surface area contributed by atoms with Crippen molar-refractivity contribution in [1.29, 1.82) is 0 Å². The Morgan fingerprint density at radius 3 is 2.00 bits per heavy atom. The van der Waals surface area contributed by atoms with Gasteiger partial charge in [-0.1, -0.05) is 0 Å². The quantitative estimate of drug-likeness (QED) is 0.542. The van der Waals surface area contributed by atoms with Crippen molar-refractivity contribution in [2.75, 3.05) is 7.11 Å². The van der Waals surface area contributed by atoms with Gasteiger partial charge >= 0.3 is 30.1 Å². The molecule has 12 heteroatoms. The predicted molar refractivity (Wildman–Crippen MR) is 92.1 cm³/mol. The molecule has 0 amide bonds. The van der Waals surface area contributed by atoms with Gasteiger partial charge in [-0.05, 0) is 18.2 Å². The summed E-state index contributed by atoms with van der Waals surface area (Å²) in [5, 5.41) is 28.0. The van der Waals surface area contributed by atoms with E-state index in [1.807, 2.05) is 0 Å². The summed E-state index contributed by atoms with van der Waals surface area (Å²) in [6.07, 6.45) is -4.07. The van der Waals surface area contributed by atoms with Crippen molar-refractivity contribution in [3.63, 3.8) is 0 Å². The minimum absolute atomic E-state index is 0.224. The first kappa shape index (κ1) is 20.6. The van der Waals surface area contributed by atoms with E-state index in [0.29, 0.717) is 12.1 Å². The molecule has 30 heavy (non-hydrogen) atoms. The average Bonchev–Trinajstić information content (AvgIpc) is 3.05. The standard InChI is InChI=1S/C18H10F3NO8/c1-30-17(29)10-7-4-6(18(19,20)21)2-3-9(7)22-5-8(14(23)24)11(15(25)26)13(22)12(10)16(27)28/h2-5H,1H3,(H,23,24)(H,25,26)(H,27,28). The molecule has 0 atom stereocenters. The predicted octanol–water partition coefficient (Wildman–Crippen LogP) is 2.99. The van der Waals surface area contributed by atoms with E-state index in [4.69, 9.17) is 0 Å². The van der Waals surface area contributed by atoms with Gasteiger partial charge in [-0.2, -0.15) is 13.2 Å². The third-order valence-electron chi connectivity index (χ3n) is 4.39. The van der Waals surface area contributed by atoms with E-state index >= 15 is 0 Å². The minimum atomic E-state index is -4.84. The molecule has 2 heterocycles. The normalized spacial score (nSPS) is 11.6. The summed E-state index contributed by atoms with van der Waals surface area (Å²) < 4.78 is 44.9. The van der Waals surface area contributed by atoms with Crippen LogP contribution in [0.3, 0.4) is 0 Å². The molecule has 0 bridgehead atoms. The number of ether oxygens (including phenoxy) is 1. The summed E-state index contributed by atoms with van der Waals surface area (Å²) in [7, 11) is 0.858. The van der Waals surface area contributed by atoms with Gasteiger partial charge in [0.25, 0.3) is 0 Å². The maximum Gasteiger partial charge on any atom is 0.416 e. The van der Waals surface area contributed by atoms with Crippen molar-refractivity contribution < 1.29 is 52.4 Å². The molecule has 0 spiro atoms. The summed E-state index contributed by atoms with van der Waals surface area (Å²) in [4.78, 5) is 47.5. The van der Waals surface area contributed by atoms with Gasteiger partial charge in [-0.15, -0.1) is 0 Å². The Morgan fingerprint density at radius 2 is 1.53 bits per heavy atom. The molecule has 0 radical (unpaired) electrons. The van der Waals surface area contributed by atoms with Crippen molar-refractivity contribution in [2.45, 2.75) is 6.18 Å².